The highest BCUT2D eigenvalue weighted by Crippen LogP contribution is 2.37. The predicted molar refractivity (Wildman–Crippen MR) is 95.0 cm³/mol. The average Bonchev–Trinajstić information content (AvgIpc) is 3.29. The molecule has 0 saturated carbocycles. The molecular weight excluding hydrogens is 361 g/mol. The van der Waals surface area contributed by atoms with Crippen molar-refractivity contribution in [1.82, 2.24) is 4.98 Å². The van der Waals surface area contributed by atoms with Gasteiger partial charge in [0.25, 0.3) is 0 Å². The summed E-state index contributed by atoms with van der Waals surface area (Å²) in [5, 5.41) is 0.897. The van der Waals surface area contributed by atoms with Crippen LogP contribution >= 0.6 is 11.6 Å². The fourth-order valence-electron chi connectivity index (χ4n) is 2.74. The van der Waals surface area contributed by atoms with Gasteiger partial charge in [-0.1, -0.05) is 23.7 Å². The molecule has 0 fully saturated rings. The van der Waals surface area contributed by atoms with Crippen LogP contribution in [0, 0.1) is 5.82 Å². The van der Waals surface area contributed by atoms with Crippen LogP contribution in [0.5, 0.6) is 5.75 Å². The lowest BCUT2D eigenvalue weighted by Crippen LogP contribution is -2.02. The molecule has 5 nitrogen and oxygen atoms in total. The van der Waals surface area contributed by atoms with Crippen molar-refractivity contribution in [2.24, 2.45) is 0 Å². The summed E-state index contributed by atoms with van der Waals surface area (Å²) in [4.78, 5) is 27.4. The summed E-state index contributed by atoms with van der Waals surface area (Å²) in [7, 11) is 1.31. The third-order valence-electron chi connectivity index (χ3n) is 4.10. The van der Waals surface area contributed by atoms with Crippen LogP contribution in [0.1, 0.15) is 15.9 Å². The molecule has 0 amide bonds. The molecule has 0 aliphatic carbocycles. The molecule has 4 aromatic rings. The number of rotatable bonds is 4. The van der Waals surface area contributed by atoms with E-state index in [4.69, 9.17) is 16.3 Å². The molecular formula is C19H11ClFNO4. The second-order valence-electron chi connectivity index (χ2n) is 5.75. The minimum absolute atomic E-state index is 0.0510. The molecule has 26 heavy (non-hydrogen) atoms. The maximum atomic E-state index is 14.1. The molecule has 0 bridgehead atoms. The van der Waals surface area contributed by atoms with Crippen LogP contribution in [0.25, 0.3) is 21.8 Å². The number of fused-ring (bicyclic) bond motifs is 2. The number of benzene rings is 2. The maximum Gasteiger partial charge on any atom is 0.337 e. The highest BCUT2D eigenvalue weighted by molar-refractivity contribution is 6.31. The van der Waals surface area contributed by atoms with E-state index in [9.17, 15) is 14.0 Å². The van der Waals surface area contributed by atoms with Gasteiger partial charge in [-0.3, -0.25) is 4.79 Å². The molecule has 0 radical (unpaired) electrons. The predicted octanol–water partition coefficient (Wildman–Crippen LogP) is 3.78. The summed E-state index contributed by atoms with van der Waals surface area (Å²) < 4.78 is 24.6. The van der Waals surface area contributed by atoms with Gasteiger partial charge in [-0.15, -0.1) is 0 Å². The summed E-state index contributed by atoms with van der Waals surface area (Å²) >= 11 is 5.93. The fourth-order valence-corrected chi connectivity index (χ4v) is 2.94. The molecule has 3 aromatic carbocycles. The molecule has 0 spiro atoms. The van der Waals surface area contributed by atoms with E-state index < -0.39 is 11.8 Å². The van der Waals surface area contributed by atoms with Crippen LogP contribution < -0.4 is 10.2 Å². The van der Waals surface area contributed by atoms with E-state index >= 15 is 0 Å². The lowest BCUT2D eigenvalue weighted by molar-refractivity contribution is 0.0600. The lowest BCUT2D eigenvalue weighted by Gasteiger charge is -2.09. The average molecular weight is 372 g/mol. The van der Waals surface area contributed by atoms with Crippen LogP contribution in [0.4, 0.5) is 4.39 Å². The zero-order chi connectivity index (χ0) is 18.4. The minimum atomic E-state index is -0.609. The number of halogens is 2. The van der Waals surface area contributed by atoms with Crippen molar-refractivity contribution in [3.05, 3.63) is 68.6 Å². The Balaban J connectivity index is 1.68. The van der Waals surface area contributed by atoms with Crippen molar-refractivity contribution in [1.29, 1.82) is 0 Å². The number of ether oxygens (including phenoxy) is 2. The SMILES string of the molecule is COC(=O)c1ccc(COc2c3cc(Cl)cc(F)c3nc3c(=O)c23)cc1. The van der Waals surface area contributed by atoms with Gasteiger partial charge in [-0.05, 0) is 29.8 Å². The van der Waals surface area contributed by atoms with E-state index in [-0.39, 0.29) is 33.8 Å². The Hall–Kier alpha value is -2.99. The van der Waals surface area contributed by atoms with Gasteiger partial charge in [0.1, 0.15) is 23.4 Å². The Morgan fingerprint density at radius 3 is 2.62 bits per heavy atom. The maximum absolute atomic E-state index is 14.1. The molecule has 0 unspecified atom stereocenters. The zero-order valence-corrected chi connectivity index (χ0v) is 14.3. The largest absolute Gasteiger partial charge is 0.487 e. The summed E-state index contributed by atoms with van der Waals surface area (Å²) in [5.74, 6) is -0.770. The van der Waals surface area contributed by atoms with Crippen LogP contribution in [0.15, 0.2) is 41.2 Å². The monoisotopic (exact) mass is 371 g/mol. The molecule has 4 rings (SSSR count). The van der Waals surface area contributed by atoms with Crippen molar-refractivity contribution in [3.8, 4) is 5.75 Å². The van der Waals surface area contributed by atoms with Crippen LogP contribution in [-0.4, -0.2) is 18.1 Å². The molecule has 0 aliphatic heterocycles. The number of pyridine rings is 1. The molecule has 130 valence electrons. The summed E-state index contributed by atoms with van der Waals surface area (Å²) in [6.07, 6.45) is 0. The van der Waals surface area contributed by atoms with Crippen LogP contribution in [0.2, 0.25) is 5.02 Å². The highest BCUT2D eigenvalue weighted by Gasteiger charge is 2.25. The summed E-state index contributed by atoms with van der Waals surface area (Å²) in [6.45, 7) is 0.133. The molecule has 0 saturated heterocycles. The number of hydrogen-bond donors (Lipinski definition) is 0. The van der Waals surface area contributed by atoms with Gasteiger partial charge in [0, 0.05) is 10.4 Å². The van der Waals surface area contributed by atoms with Gasteiger partial charge in [-0.25, -0.2) is 14.2 Å². The Bertz CT molecular complexity index is 1180. The van der Waals surface area contributed by atoms with Gasteiger partial charge in [0.15, 0.2) is 5.82 Å². The highest BCUT2D eigenvalue weighted by atomic mass is 35.5. The third-order valence-corrected chi connectivity index (χ3v) is 4.32. The van der Waals surface area contributed by atoms with Gasteiger partial charge in [-0.2, -0.15) is 0 Å². The Morgan fingerprint density at radius 2 is 1.92 bits per heavy atom. The topological polar surface area (TPSA) is 65.5 Å². The van der Waals surface area contributed by atoms with Crippen molar-refractivity contribution in [3.63, 3.8) is 0 Å². The van der Waals surface area contributed by atoms with Crippen LogP contribution in [-0.2, 0) is 11.3 Å². The van der Waals surface area contributed by atoms with Crippen molar-refractivity contribution in [2.45, 2.75) is 6.61 Å². The van der Waals surface area contributed by atoms with E-state index in [2.05, 4.69) is 9.72 Å². The number of carbonyl (C=O) groups excluding carboxylic acids is 1. The number of aromatic nitrogens is 1. The van der Waals surface area contributed by atoms with Gasteiger partial charge < -0.3 is 9.47 Å². The second kappa shape index (κ2) is 6.07. The zero-order valence-electron chi connectivity index (χ0n) is 13.5. The first-order valence-corrected chi connectivity index (χ1v) is 8.05. The van der Waals surface area contributed by atoms with E-state index in [1.807, 2.05) is 0 Å². The number of nitrogens with zero attached hydrogens (tertiary/aromatic N) is 1. The standard InChI is InChI=1S/C19H11ClFNO4/c1-25-19(24)10-4-2-9(3-5-10)8-26-18-12-6-11(20)7-13(21)15(12)22-16-14(18)17(16)23/h2-7H,8H2,1H3. The van der Waals surface area contributed by atoms with Crippen molar-refractivity contribution < 1.29 is 18.7 Å². The Kier molecular flexibility index (Phi) is 3.85. The number of hydrogen-bond acceptors (Lipinski definition) is 5. The quantitative estimate of drug-likeness (QED) is 0.511. The first kappa shape index (κ1) is 16.5. The smallest absolute Gasteiger partial charge is 0.337 e. The fraction of sp³-hybridized carbons (Fsp3) is 0.105. The van der Waals surface area contributed by atoms with E-state index in [1.54, 1.807) is 24.3 Å². The van der Waals surface area contributed by atoms with Gasteiger partial charge in [0.05, 0.1) is 18.1 Å². The van der Waals surface area contributed by atoms with Crippen LogP contribution in [0.3, 0.4) is 0 Å². The molecule has 1 heterocycles. The summed E-state index contributed by atoms with van der Waals surface area (Å²) in [5.41, 5.74) is 1.20. The molecule has 1 aromatic heterocycles. The number of esters is 1. The normalized spacial score (nSPS) is 11.3. The molecule has 0 atom stereocenters. The van der Waals surface area contributed by atoms with Crippen molar-refractivity contribution in [2.75, 3.05) is 7.11 Å². The minimum Gasteiger partial charge on any atom is -0.487 e. The molecule has 7 heteroatoms. The van der Waals surface area contributed by atoms with Gasteiger partial charge in [0.2, 0.25) is 5.43 Å². The number of methoxy groups -OCH3 is 1. The lowest BCUT2D eigenvalue weighted by atomic mass is 10.1. The Labute approximate surface area is 151 Å². The first-order valence-electron chi connectivity index (χ1n) is 7.67. The van der Waals surface area contributed by atoms with E-state index in [0.717, 1.165) is 11.6 Å². The molecule has 0 N–H and O–H groups in total. The first-order chi connectivity index (χ1) is 12.5. The van der Waals surface area contributed by atoms with E-state index in [0.29, 0.717) is 16.3 Å². The molecule has 0 aliphatic rings. The third kappa shape index (κ3) is 2.68. The van der Waals surface area contributed by atoms with E-state index in [1.165, 1.54) is 13.2 Å². The number of carbonyl (C=O) groups is 1. The van der Waals surface area contributed by atoms with Crippen molar-refractivity contribution >= 4 is 39.4 Å². The summed E-state index contributed by atoms with van der Waals surface area (Å²) in [6, 6.07) is 9.32. The second-order valence-corrected chi connectivity index (χ2v) is 6.19. The Morgan fingerprint density at radius 1 is 1.19 bits per heavy atom. The van der Waals surface area contributed by atoms with Gasteiger partial charge >= 0.3 is 5.97 Å².